The van der Waals surface area contributed by atoms with Crippen molar-refractivity contribution >= 4 is 29.7 Å². The number of alkyl carbamates (subject to hydrolysis) is 2. The number of nitrogens with one attached hydrogen (secondary N) is 2. The van der Waals surface area contributed by atoms with Gasteiger partial charge in [0, 0.05) is 18.7 Å². The molecule has 3 aliphatic rings. The highest BCUT2D eigenvalue weighted by atomic mass is 19.1. The zero-order chi connectivity index (χ0) is 20.7. The smallest absolute Gasteiger partial charge is 0.414 e. The van der Waals surface area contributed by atoms with Gasteiger partial charge in [0.2, 0.25) is 0 Å². The number of cyclic esters (lactones) is 1. The van der Waals surface area contributed by atoms with Gasteiger partial charge in [-0.1, -0.05) is 0 Å². The maximum Gasteiger partial charge on any atom is 0.414 e. The summed E-state index contributed by atoms with van der Waals surface area (Å²) in [6.45, 7) is 0.370. The van der Waals surface area contributed by atoms with Gasteiger partial charge >= 0.3 is 18.3 Å². The Balaban J connectivity index is 1.47. The fourth-order valence-corrected chi connectivity index (χ4v) is 3.66. The first kappa shape index (κ1) is 19.0. The van der Waals surface area contributed by atoms with E-state index >= 15 is 0 Å². The molecule has 0 spiro atoms. The Kier molecular flexibility index (Phi) is 4.76. The van der Waals surface area contributed by atoms with Gasteiger partial charge in [-0.15, -0.1) is 0 Å². The van der Waals surface area contributed by atoms with Crippen molar-refractivity contribution in [2.45, 2.75) is 18.2 Å². The number of amides is 3. The molecule has 3 fully saturated rings. The molecule has 0 radical (unpaired) electrons. The van der Waals surface area contributed by atoms with Crippen molar-refractivity contribution in [3.8, 4) is 0 Å². The predicted molar refractivity (Wildman–Crippen MR) is 93.8 cm³/mol. The number of hydrogen-bond donors (Lipinski definition) is 2. The monoisotopic (exact) mass is 412 g/mol. The van der Waals surface area contributed by atoms with Crippen LogP contribution in [0, 0.1) is 11.6 Å². The number of rotatable bonds is 4. The second kappa shape index (κ2) is 7.26. The van der Waals surface area contributed by atoms with Crippen LogP contribution >= 0.6 is 0 Å². The van der Waals surface area contributed by atoms with Crippen LogP contribution in [0.1, 0.15) is 0 Å². The van der Waals surface area contributed by atoms with Gasteiger partial charge in [0.05, 0.1) is 38.5 Å². The number of carbonyl (C=O) groups excluding carboxylic acids is 3. The fourth-order valence-electron chi connectivity index (χ4n) is 3.66. The summed E-state index contributed by atoms with van der Waals surface area (Å²) in [4.78, 5) is 36.9. The third kappa shape index (κ3) is 3.57. The van der Waals surface area contributed by atoms with Crippen LogP contribution in [-0.2, 0) is 14.2 Å². The number of fused-ring (bicyclic) bond motifs is 1. The largest absolute Gasteiger partial charge is 0.453 e. The van der Waals surface area contributed by atoms with Gasteiger partial charge in [-0.2, -0.15) is 0 Å². The summed E-state index contributed by atoms with van der Waals surface area (Å²) in [6.07, 6.45) is -3.17. The van der Waals surface area contributed by atoms with Crippen molar-refractivity contribution in [2.24, 2.45) is 0 Å². The zero-order valence-corrected chi connectivity index (χ0v) is 15.3. The lowest BCUT2D eigenvalue weighted by atomic mass is 10.2. The van der Waals surface area contributed by atoms with E-state index in [9.17, 15) is 23.2 Å². The van der Waals surface area contributed by atoms with Gasteiger partial charge in [0.15, 0.2) is 11.6 Å². The number of ether oxygens (including phenoxy) is 3. The molecule has 0 aliphatic carbocycles. The number of methoxy groups -OCH3 is 1. The predicted octanol–water partition coefficient (Wildman–Crippen LogP) is 0.943. The molecule has 1 aromatic rings. The Bertz CT molecular complexity index is 829. The first-order chi connectivity index (χ1) is 13.9. The topological polar surface area (TPSA) is 109 Å². The second-order valence-electron chi connectivity index (χ2n) is 6.85. The highest BCUT2D eigenvalue weighted by Gasteiger charge is 2.43. The van der Waals surface area contributed by atoms with Gasteiger partial charge in [0.25, 0.3) is 0 Å². The standard InChI is InChI=1S/C17H18F2N4O6/c1-27-15(24)20-4-9-5-23(17(26)28-9)8-2-10(18)14(11(19)3-8)22-6-12-13(7-22)29-16(25)21-12/h2-3,9,12-13H,4-7H2,1H3,(H,20,24)(H,21,25)/t9?,12-,13+/m1/s1. The van der Waals surface area contributed by atoms with Crippen LogP contribution in [0.3, 0.4) is 0 Å². The van der Waals surface area contributed by atoms with E-state index in [1.165, 1.54) is 12.0 Å². The van der Waals surface area contributed by atoms with Crippen LogP contribution < -0.4 is 20.4 Å². The van der Waals surface area contributed by atoms with Gasteiger partial charge in [-0.3, -0.25) is 4.90 Å². The highest BCUT2D eigenvalue weighted by Crippen LogP contribution is 2.34. The van der Waals surface area contributed by atoms with Crippen LogP contribution in [0.15, 0.2) is 12.1 Å². The first-order valence-electron chi connectivity index (χ1n) is 8.87. The van der Waals surface area contributed by atoms with E-state index < -0.39 is 42.1 Å². The summed E-state index contributed by atoms with van der Waals surface area (Å²) in [7, 11) is 1.20. The average molecular weight is 412 g/mol. The van der Waals surface area contributed by atoms with Gasteiger partial charge in [-0.25, -0.2) is 23.2 Å². The molecular formula is C17H18F2N4O6. The van der Waals surface area contributed by atoms with E-state index in [4.69, 9.17) is 9.47 Å². The van der Waals surface area contributed by atoms with Crippen molar-refractivity contribution in [3.05, 3.63) is 23.8 Å². The first-order valence-corrected chi connectivity index (χ1v) is 8.87. The molecule has 0 bridgehead atoms. The van der Waals surface area contributed by atoms with Crippen molar-refractivity contribution in [2.75, 3.05) is 43.1 Å². The lowest BCUT2D eigenvalue weighted by Crippen LogP contribution is -2.34. The van der Waals surface area contributed by atoms with Gasteiger partial charge in [-0.05, 0) is 0 Å². The average Bonchev–Trinajstić information content (AvgIpc) is 3.31. The third-order valence-corrected chi connectivity index (χ3v) is 4.99. The number of nitrogens with zero attached hydrogens (tertiary/aromatic N) is 2. The number of halogens is 2. The molecule has 12 heteroatoms. The number of anilines is 2. The summed E-state index contributed by atoms with van der Waals surface area (Å²) < 4.78 is 44.0. The Hall–Kier alpha value is -3.31. The Morgan fingerprint density at radius 3 is 2.62 bits per heavy atom. The molecule has 4 rings (SSSR count). The van der Waals surface area contributed by atoms with E-state index in [1.807, 2.05) is 0 Å². The molecule has 3 atom stereocenters. The van der Waals surface area contributed by atoms with E-state index in [2.05, 4.69) is 15.4 Å². The zero-order valence-electron chi connectivity index (χ0n) is 15.3. The van der Waals surface area contributed by atoms with Crippen molar-refractivity contribution in [1.82, 2.24) is 10.6 Å². The lowest BCUT2D eigenvalue weighted by molar-refractivity contribution is 0.132. The van der Waals surface area contributed by atoms with E-state index in [1.54, 1.807) is 0 Å². The number of carbonyl (C=O) groups is 3. The van der Waals surface area contributed by atoms with Crippen LogP contribution in [0.2, 0.25) is 0 Å². The Morgan fingerprint density at radius 2 is 1.97 bits per heavy atom. The summed E-state index contributed by atoms with van der Waals surface area (Å²) in [5, 5.41) is 4.99. The van der Waals surface area contributed by atoms with Gasteiger partial charge in [0.1, 0.15) is 17.9 Å². The molecule has 10 nitrogen and oxygen atoms in total. The van der Waals surface area contributed by atoms with Crippen molar-refractivity contribution in [3.63, 3.8) is 0 Å². The molecule has 0 aromatic heterocycles. The van der Waals surface area contributed by atoms with E-state index in [-0.39, 0.29) is 43.6 Å². The minimum Gasteiger partial charge on any atom is -0.453 e. The molecule has 0 saturated carbocycles. The van der Waals surface area contributed by atoms with Crippen LogP contribution in [0.5, 0.6) is 0 Å². The van der Waals surface area contributed by atoms with Crippen LogP contribution in [0.4, 0.5) is 34.5 Å². The Morgan fingerprint density at radius 1 is 1.24 bits per heavy atom. The third-order valence-electron chi connectivity index (χ3n) is 4.99. The minimum atomic E-state index is -0.852. The summed E-state index contributed by atoms with van der Waals surface area (Å²) in [6, 6.07) is 1.75. The second-order valence-corrected chi connectivity index (χ2v) is 6.85. The molecule has 2 N–H and O–H groups in total. The molecule has 1 unspecified atom stereocenters. The molecule has 3 heterocycles. The molecule has 3 amide bonds. The lowest BCUT2D eigenvalue weighted by Gasteiger charge is -2.22. The summed E-state index contributed by atoms with van der Waals surface area (Å²) in [5.74, 6) is -1.70. The molecule has 3 aliphatic heterocycles. The maximum absolute atomic E-state index is 14.7. The SMILES string of the molecule is COC(=O)NCC1CN(c2cc(F)c(N3C[C@@H]4OC(=O)N[C@@H]4C3)c(F)c2)C(=O)O1. The molecule has 3 saturated heterocycles. The molecular weight excluding hydrogens is 394 g/mol. The van der Waals surface area contributed by atoms with Crippen molar-refractivity contribution < 1.29 is 37.4 Å². The van der Waals surface area contributed by atoms with E-state index in [0.717, 1.165) is 17.0 Å². The normalized spacial score (nSPS) is 25.4. The van der Waals surface area contributed by atoms with E-state index in [0.29, 0.717) is 0 Å². The maximum atomic E-state index is 14.7. The molecule has 156 valence electrons. The summed E-state index contributed by atoms with van der Waals surface area (Å²) in [5.41, 5.74) is -0.254. The van der Waals surface area contributed by atoms with Crippen molar-refractivity contribution in [1.29, 1.82) is 0 Å². The quantitative estimate of drug-likeness (QED) is 0.709. The molecule has 1 aromatic carbocycles. The van der Waals surface area contributed by atoms with Gasteiger partial charge < -0.3 is 29.7 Å². The molecule has 29 heavy (non-hydrogen) atoms. The van der Waals surface area contributed by atoms with Crippen LogP contribution in [0.25, 0.3) is 0 Å². The highest BCUT2D eigenvalue weighted by molar-refractivity contribution is 5.90. The minimum absolute atomic E-state index is 0.000234. The van der Waals surface area contributed by atoms with Crippen LogP contribution in [-0.4, -0.2) is 69.8 Å². The number of benzene rings is 1. The summed E-state index contributed by atoms with van der Waals surface area (Å²) >= 11 is 0. The fraction of sp³-hybridized carbons (Fsp3) is 0.471. The Labute approximate surface area is 163 Å². The number of hydrogen-bond acceptors (Lipinski definition) is 7.